The maximum Gasteiger partial charge on any atom is 0.0542 e. The average molecular weight is 834 g/mol. The van der Waals surface area contributed by atoms with E-state index in [1.807, 2.05) is 0 Å². The summed E-state index contributed by atoms with van der Waals surface area (Å²) < 4.78 is 4.73. The Morgan fingerprint density at radius 3 is 0.908 bits per heavy atom. The Morgan fingerprint density at radius 1 is 0.231 bits per heavy atom. The monoisotopic (exact) mass is 833 g/mol. The second kappa shape index (κ2) is 16.6. The number of nitrogens with zero attached hydrogens (tertiary/aromatic N) is 4. The third kappa shape index (κ3) is 6.89. The van der Waals surface area contributed by atoms with Gasteiger partial charge in [0.25, 0.3) is 0 Å². The third-order valence-corrected chi connectivity index (χ3v) is 12.5. The highest BCUT2D eigenvalue weighted by Gasteiger charge is 2.19. The van der Waals surface area contributed by atoms with Gasteiger partial charge < -0.3 is 26.4 Å². The van der Waals surface area contributed by atoms with Gasteiger partial charge in [0.15, 0.2) is 0 Å². The van der Waals surface area contributed by atoms with Gasteiger partial charge in [-0.05, 0) is 132 Å². The Hall–Kier alpha value is -8.60. The van der Waals surface area contributed by atoms with Crippen LogP contribution in [0.25, 0.3) is 66.1 Å². The molecule has 0 atom stereocenters. The van der Waals surface area contributed by atoms with E-state index in [0.29, 0.717) is 0 Å². The molecule has 4 nitrogen and oxygen atoms in total. The summed E-state index contributed by atoms with van der Waals surface area (Å²) in [6, 6.07) is 91.6. The SMILES string of the molecule is [CH3-].c1ccc(N(c2ccc(-c3ccc(N(c4ccccc4)c4ccc5c(c4)c4ccccc4n5-c4ccccc4)cc3)cc2)c2ccc3c(c2)c2ccccc2n3-c2ccccc2)cc1. The fraction of sp³-hybridized carbons (Fsp3) is 0. The zero-order valence-corrected chi connectivity index (χ0v) is 36.0. The molecule has 2 heterocycles. The molecule has 0 aliphatic rings. The van der Waals surface area contributed by atoms with Gasteiger partial charge in [-0.1, -0.05) is 133 Å². The third-order valence-electron chi connectivity index (χ3n) is 12.5. The molecule has 0 unspecified atom stereocenters. The van der Waals surface area contributed by atoms with Gasteiger partial charge in [0, 0.05) is 67.0 Å². The van der Waals surface area contributed by atoms with Crippen molar-refractivity contribution in [3.63, 3.8) is 0 Å². The van der Waals surface area contributed by atoms with E-state index in [4.69, 9.17) is 0 Å². The number of fused-ring (bicyclic) bond motifs is 6. The molecule has 0 radical (unpaired) electrons. The second-order valence-corrected chi connectivity index (χ2v) is 16.2. The Morgan fingerprint density at radius 2 is 0.523 bits per heavy atom. The van der Waals surface area contributed by atoms with E-state index in [0.717, 1.165) is 56.6 Å². The minimum absolute atomic E-state index is 0. The summed E-state index contributed by atoms with van der Waals surface area (Å²) in [7, 11) is 0. The number of para-hydroxylation sites is 6. The number of hydrogen-bond acceptors (Lipinski definition) is 2. The van der Waals surface area contributed by atoms with E-state index in [-0.39, 0.29) is 7.43 Å². The molecule has 0 bridgehead atoms. The second-order valence-electron chi connectivity index (χ2n) is 16.2. The molecule has 12 aromatic rings. The first-order valence-corrected chi connectivity index (χ1v) is 21.8. The van der Waals surface area contributed by atoms with Crippen molar-refractivity contribution >= 4 is 77.7 Å². The van der Waals surface area contributed by atoms with Gasteiger partial charge in [-0.2, -0.15) is 0 Å². The van der Waals surface area contributed by atoms with Crippen LogP contribution in [0.2, 0.25) is 0 Å². The molecule has 10 aromatic carbocycles. The molecular formula is C61H45N4-. The van der Waals surface area contributed by atoms with Crippen LogP contribution in [0, 0.1) is 7.43 Å². The van der Waals surface area contributed by atoms with E-state index in [1.165, 1.54) is 43.6 Å². The molecule has 2 aromatic heterocycles. The van der Waals surface area contributed by atoms with Crippen LogP contribution in [0.15, 0.2) is 255 Å². The largest absolute Gasteiger partial charge is 0.358 e. The molecule has 4 heteroatoms. The lowest BCUT2D eigenvalue weighted by atomic mass is 10.0. The average Bonchev–Trinajstić information content (AvgIpc) is 3.88. The maximum atomic E-state index is 2.37. The summed E-state index contributed by atoms with van der Waals surface area (Å²) in [5.41, 5.74) is 16.0. The lowest BCUT2D eigenvalue weighted by molar-refractivity contribution is 1.18. The van der Waals surface area contributed by atoms with Gasteiger partial charge in [-0.15, -0.1) is 0 Å². The minimum Gasteiger partial charge on any atom is -0.358 e. The van der Waals surface area contributed by atoms with E-state index in [2.05, 4.69) is 274 Å². The molecule has 0 saturated heterocycles. The fourth-order valence-electron chi connectivity index (χ4n) is 9.56. The first-order valence-electron chi connectivity index (χ1n) is 21.8. The summed E-state index contributed by atoms with van der Waals surface area (Å²) in [6.45, 7) is 0. The Labute approximate surface area is 379 Å². The van der Waals surface area contributed by atoms with E-state index < -0.39 is 0 Å². The normalized spacial score (nSPS) is 11.3. The predicted octanol–water partition coefficient (Wildman–Crippen LogP) is 16.9. The zero-order valence-electron chi connectivity index (χ0n) is 36.0. The lowest BCUT2D eigenvalue weighted by Gasteiger charge is -2.26. The molecule has 0 saturated carbocycles. The molecule has 0 aliphatic heterocycles. The van der Waals surface area contributed by atoms with Crippen molar-refractivity contribution in [2.75, 3.05) is 9.80 Å². The smallest absolute Gasteiger partial charge is 0.0542 e. The zero-order chi connectivity index (χ0) is 42.4. The number of benzene rings is 10. The molecule has 0 spiro atoms. The first kappa shape index (κ1) is 39.3. The van der Waals surface area contributed by atoms with Crippen molar-refractivity contribution in [3.8, 4) is 22.5 Å². The Bertz CT molecular complexity index is 3330. The van der Waals surface area contributed by atoms with Gasteiger partial charge in [0.05, 0.1) is 22.1 Å². The van der Waals surface area contributed by atoms with E-state index in [9.17, 15) is 0 Å². The van der Waals surface area contributed by atoms with Gasteiger partial charge in [0.2, 0.25) is 0 Å². The Kier molecular flexibility index (Phi) is 10.0. The summed E-state index contributed by atoms with van der Waals surface area (Å²) in [6.07, 6.45) is 0. The Balaban J connectivity index is 0.00000469. The van der Waals surface area contributed by atoms with Crippen molar-refractivity contribution in [3.05, 3.63) is 262 Å². The van der Waals surface area contributed by atoms with Crippen LogP contribution >= 0.6 is 0 Å². The lowest BCUT2D eigenvalue weighted by Crippen LogP contribution is -2.10. The quantitative estimate of drug-likeness (QED) is 0.135. The minimum atomic E-state index is 0. The maximum absolute atomic E-state index is 2.37. The van der Waals surface area contributed by atoms with Crippen molar-refractivity contribution in [2.45, 2.75) is 0 Å². The molecule has 0 amide bonds. The number of anilines is 6. The van der Waals surface area contributed by atoms with Crippen LogP contribution in [0.3, 0.4) is 0 Å². The van der Waals surface area contributed by atoms with Crippen LogP contribution in [0.1, 0.15) is 0 Å². The molecule has 0 aliphatic carbocycles. The van der Waals surface area contributed by atoms with Crippen LogP contribution in [-0.2, 0) is 0 Å². The number of aromatic nitrogens is 2. The van der Waals surface area contributed by atoms with Crippen LogP contribution in [-0.4, -0.2) is 9.13 Å². The van der Waals surface area contributed by atoms with E-state index in [1.54, 1.807) is 0 Å². The number of hydrogen-bond donors (Lipinski definition) is 0. The molecule has 310 valence electrons. The molecule has 0 fully saturated rings. The fourth-order valence-corrected chi connectivity index (χ4v) is 9.56. The molecule has 0 N–H and O–H groups in total. The summed E-state index contributed by atoms with van der Waals surface area (Å²) in [5, 5.41) is 4.91. The summed E-state index contributed by atoms with van der Waals surface area (Å²) in [4.78, 5) is 4.71. The highest BCUT2D eigenvalue weighted by atomic mass is 15.1. The highest BCUT2D eigenvalue weighted by Crippen LogP contribution is 2.42. The topological polar surface area (TPSA) is 16.3 Å². The standard InChI is InChI=1S/C60H42N4.CH3/c1-5-17-45(18-6-1)61(51-37-39-59-55(41-51)53-25-13-15-27-57(53)63(59)47-21-9-3-10-22-47)49-33-29-43(30-34-49)44-31-35-50(36-32-44)62(46-19-7-2-8-20-46)52-38-40-60-56(42-52)54-26-14-16-28-58(54)64(60)48-23-11-4-12-24-48;/h1-42H;1H3/q;-1. The van der Waals surface area contributed by atoms with Crippen molar-refractivity contribution in [1.82, 2.24) is 9.13 Å². The van der Waals surface area contributed by atoms with Crippen LogP contribution in [0.4, 0.5) is 34.1 Å². The molecule has 65 heavy (non-hydrogen) atoms. The van der Waals surface area contributed by atoms with Gasteiger partial charge in [-0.3, -0.25) is 0 Å². The summed E-state index contributed by atoms with van der Waals surface area (Å²) >= 11 is 0. The van der Waals surface area contributed by atoms with Gasteiger partial charge in [0.1, 0.15) is 0 Å². The molecular weight excluding hydrogens is 789 g/mol. The van der Waals surface area contributed by atoms with Crippen molar-refractivity contribution < 1.29 is 0 Å². The highest BCUT2D eigenvalue weighted by molar-refractivity contribution is 6.12. The first-order chi connectivity index (χ1) is 31.8. The molecule has 12 rings (SSSR count). The predicted molar refractivity (Wildman–Crippen MR) is 276 cm³/mol. The van der Waals surface area contributed by atoms with Crippen LogP contribution in [0.5, 0.6) is 0 Å². The van der Waals surface area contributed by atoms with Gasteiger partial charge in [-0.25, -0.2) is 0 Å². The van der Waals surface area contributed by atoms with Gasteiger partial charge >= 0.3 is 0 Å². The number of rotatable bonds is 9. The van der Waals surface area contributed by atoms with Crippen LogP contribution < -0.4 is 9.80 Å². The van der Waals surface area contributed by atoms with Crippen molar-refractivity contribution in [1.29, 1.82) is 0 Å². The van der Waals surface area contributed by atoms with Crippen molar-refractivity contribution in [2.24, 2.45) is 0 Å². The summed E-state index contributed by atoms with van der Waals surface area (Å²) in [5.74, 6) is 0. The van der Waals surface area contributed by atoms with E-state index >= 15 is 0 Å².